The number of alkyl halides is 3. The summed E-state index contributed by atoms with van der Waals surface area (Å²) in [5.41, 5.74) is 2.69. The summed E-state index contributed by atoms with van der Waals surface area (Å²) in [4.78, 5) is 16.7. The Hall–Kier alpha value is -3.42. The van der Waals surface area contributed by atoms with Crippen LogP contribution in [0.4, 0.5) is 17.6 Å². The predicted molar refractivity (Wildman–Crippen MR) is 143 cm³/mol. The molecule has 1 heterocycles. The number of benzene rings is 3. The van der Waals surface area contributed by atoms with Crippen LogP contribution in [0, 0.1) is 26.6 Å². The third-order valence-corrected chi connectivity index (χ3v) is 9.37. The van der Waals surface area contributed by atoms with Crippen molar-refractivity contribution in [3.8, 4) is 5.69 Å². The highest BCUT2D eigenvalue weighted by molar-refractivity contribution is 7.99. The van der Waals surface area contributed by atoms with Crippen molar-refractivity contribution in [2.24, 2.45) is 0 Å². The number of carbonyl (C=O) groups is 1. The fourth-order valence-electron chi connectivity index (χ4n) is 4.38. The van der Waals surface area contributed by atoms with E-state index in [-0.39, 0.29) is 15.1 Å². The monoisotopic (exact) mass is 595 g/mol. The van der Waals surface area contributed by atoms with Crippen molar-refractivity contribution in [3.63, 3.8) is 0 Å². The van der Waals surface area contributed by atoms with E-state index in [1.807, 2.05) is 0 Å². The van der Waals surface area contributed by atoms with Crippen molar-refractivity contribution in [3.05, 3.63) is 83.3 Å². The van der Waals surface area contributed by atoms with Crippen LogP contribution in [0.2, 0.25) is 0 Å². The average Bonchev–Trinajstić information content (AvgIpc) is 3.29. The van der Waals surface area contributed by atoms with Gasteiger partial charge in [-0.05, 0) is 79.7 Å². The van der Waals surface area contributed by atoms with Crippen LogP contribution in [0.15, 0.2) is 70.6 Å². The number of rotatable bonds is 8. The molecule has 13 heteroatoms. The molecule has 212 valence electrons. The van der Waals surface area contributed by atoms with Gasteiger partial charge in [-0.15, -0.1) is 11.8 Å². The number of hydroxylamine groups is 1. The summed E-state index contributed by atoms with van der Waals surface area (Å²) in [6.45, 7) is 6.16. The molecule has 0 spiro atoms. The first-order valence-corrected chi connectivity index (χ1v) is 14.4. The highest BCUT2D eigenvalue weighted by Gasteiger charge is 2.46. The van der Waals surface area contributed by atoms with E-state index < -0.39 is 34.0 Å². The van der Waals surface area contributed by atoms with Crippen LogP contribution in [-0.2, 0) is 19.7 Å². The van der Waals surface area contributed by atoms with Crippen molar-refractivity contribution < 1.29 is 35.6 Å². The van der Waals surface area contributed by atoms with Gasteiger partial charge in [-0.1, -0.05) is 23.8 Å². The molecule has 1 atom stereocenters. The molecular formula is C27H25F4N3O4S2. The zero-order valence-corrected chi connectivity index (χ0v) is 23.5. The maximum absolute atomic E-state index is 13.6. The average molecular weight is 596 g/mol. The van der Waals surface area contributed by atoms with E-state index in [1.165, 1.54) is 32.9 Å². The smallest absolute Gasteiger partial charge is 0.345 e. The second kappa shape index (κ2) is 11.2. The molecule has 3 aromatic carbocycles. The third kappa shape index (κ3) is 6.01. The zero-order valence-electron chi connectivity index (χ0n) is 21.9. The molecule has 0 saturated heterocycles. The summed E-state index contributed by atoms with van der Waals surface area (Å²) < 4.78 is 81.8. The Morgan fingerprint density at radius 3 is 2.30 bits per heavy atom. The highest BCUT2D eigenvalue weighted by Crippen LogP contribution is 2.33. The van der Waals surface area contributed by atoms with Gasteiger partial charge in [-0.3, -0.25) is 0 Å². The van der Waals surface area contributed by atoms with Gasteiger partial charge in [0.2, 0.25) is 0 Å². The fraction of sp³-hybridized carbons (Fsp3) is 0.259. The molecule has 1 unspecified atom stereocenters. The summed E-state index contributed by atoms with van der Waals surface area (Å²) in [5, 5.41) is 5.06. The van der Waals surface area contributed by atoms with Crippen molar-refractivity contribution >= 4 is 38.7 Å². The van der Waals surface area contributed by atoms with E-state index in [1.54, 1.807) is 60.3 Å². The van der Waals surface area contributed by atoms with Crippen molar-refractivity contribution in [2.45, 2.75) is 49.7 Å². The minimum Gasteiger partial charge on any atom is -0.345 e. The Balaban J connectivity index is 1.66. The summed E-state index contributed by atoms with van der Waals surface area (Å²) in [6.07, 6.45) is -3.82. The van der Waals surface area contributed by atoms with Gasteiger partial charge in [0, 0.05) is 16.0 Å². The van der Waals surface area contributed by atoms with Gasteiger partial charge in [-0.25, -0.2) is 22.3 Å². The molecule has 0 aliphatic rings. The van der Waals surface area contributed by atoms with Gasteiger partial charge in [0.1, 0.15) is 5.82 Å². The van der Waals surface area contributed by atoms with Crippen LogP contribution in [0.3, 0.4) is 0 Å². The Bertz CT molecular complexity index is 1650. The van der Waals surface area contributed by atoms with Gasteiger partial charge in [-0.2, -0.15) is 18.3 Å². The molecular weight excluding hydrogens is 570 g/mol. The van der Waals surface area contributed by atoms with Gasteiger partial charge >= 0.3 is 12.1 Å². The zero-order chi connectivity index (χ0) is 29.4. The number of nitrogens with zero attached hydrogens (tertiary/aromatic N) is 3. The molecule has 1 aromatic heterocycles. The number of hydrogen-bond acceptors (Lipinski definition) is 6. The number of aryl methyl sites for hydroxylation is 3. The van der Waals surface area contributed by atoms with Crippen molar-refractivity contribution in [1.29, 1.82) is 0 Å². The Labute approximate surface area is 232 Å². The van der Waals surface area contributed by atoms with E-state index in [0.717, 1.165) is 17.3 Å². The van der Waals surface area contributed by atoms with Gasteiger partial charge in [0.15, 0.2) is 0 Å². The maximum atomic E-state index is 13.6. The topological polar surface area (TPSA) is 81.5 Å². The highest BCUT2D eigenvalue weighted by atomic mass is 32.2. The van der Waals surface area contributed by atoms with Gasteiger partial charge in [0.05, 0.1) is 28.3 Å². The van der Waals surface area contributed by atoms with Crippen molar-refractivity contribution in [2.75, 3.05) is 5.75 Å². The Morgan fingerprint density at radius 2 is 1.70 bits per heavy atom. The largest absolute Gasteiger partial charge is 0.492 e. The normalized spacial score (nSPS) is 13.1. The van der Waals surface area contributed by atoms with Crippen LogP contribution >= 0.6 is 11.8 Å². The lowest BCUT2D eigenvalue weighted by Gasteiger charge is -2.28. The number of halogens is 4. The summed E-state index contributed by atoms with van der Waals surface area (Å²) in [7, 11) is -4.69. The van der Waals surface area contributed by atoms with E-state index >= 15 is 0 Å². The number of aromatic nitrogens is 2. The molecule has 0 bridgehead atoms. The lowest BCUT2D eigenvalue weighted by atomic mass is 10.1. The molecule has 0 radical (unpaired) electrons. The molecule has 40 heavy (non-hydrogen) atoms. The first-order chi connectivity index (χ1) is 18.7. The van der Waals surface area contributed by atoms with Crippen molar-refractivity contribution in [1.82, 2.24) is 14.2 Å². The minimum atomic E-state index is -5.40. The second-order valence-corrected chi connectivity index (χ2v) is 12.0. The molecule has 0 amide bonds. The third-order valence-electron chi connectivity index (χ3n) is 5.99. The molecule has 0 fully saturated rings. The van der Waals surface area contributed by atoms with Gasteiger partial charge < -0.3 is 4.84 Å². The molecule has 0 N–H and O–H groups in total. The van der Waals surface area contributed by atoms with Gasteiger partial charge in [0.25, 0.3) is 10.0 Å². The first kappa shape index (κ1) is 29.6. The fourth-order valence-corrected chi connectivity index (χ4v) is 7.35. The van der Waals surface area contributed by atoms with E-state index in [4.69, 9.17) is 0 Å². The predicted octanol–water partition coefficient (Wildman–Crippen LogP) is 6.28. The van der Waals surface area contributed by atoms with E-state index in [2.05, 4.69) is 9.94 Å². The standard InChI is InChI=1S/C27H25F4N3O4S2/c1-16-12-17(2)25(18(3)13-16)40(36,37)34(38-26(35)27(29,30)31)19(4)15-39-24-7-5-6-23-22(24)14-32-33(23)21-10-8-20(28)9-11-21/h5-14,19H,15H2,1-4H3. The number of thioether (sulfide) groups is 1. The SMILES string of the molecule is Cc1cc(C)c(S(=O)(=O)N(OC(=O)C(F)(F)F)C(C)CSc2cccc3c2cnn3-c2ccc(F)cc2)c(C)c1. The number of hydrogen-bond donors (Lipinski definition) is 0. The summed E-state index contributed by atoms with van der Waals surface area (Å²) in [5.74, 6) is -3.10. The first-order valence-electron chi connectivity index (χ1n) is 12.0. The molecule has 7 nitrogen and oxygen atoms in total. The van der Waals surface area contributed by atoms with E-state index in [0.29, 0.717) is 32.6 Å². The quantitative estimate of drug-likeness (QED) is 0.136. The molecule has 4 rings (SSSR count). The number of fused-ring (bicyclic) bond motifs is 1. The van der Waals surface area contributed by atoms with Crippen LogP contribution in [0.25, 0.3) is 16.6 Å². The maximum Gasteiger partial charge on any atom is 0.492 e. The lowest BCUT2D eigenvalue weighted by molar-refractivity contribution is -0.225. The molecule has 4 aromatic rings. The van der Waals surface area contributed by atoms with Crippen LogP contribution in [0.5, 0.6) is 0 Å². The second-order valence-electron chi connectivity index (χ2n) is 9.25. The summed E-state index contributed by atoms with van der Waals surface area (Å²) in [6, 6.07) is 13.0. The van der Waals surface area contributed by atoms with Crippen LogP contribution in [0.1, 0.15) is 23.6 Å². The number of sulfonamides is 1. The molecule has 0 saturated carbocycles. The molecule has 0 aliphatic heterocycles. The minimum absolute atomic E-state index is 0.0604. The lowest BCUT2D eigenvalue weighted by Crippen LogP contribution is -2.44. The number of carbonyl (C=O) groups excluding carboxylic acids is 1. The Morgan fingerprint density at radius 1 is 1.07 bits per heavy atom. The van der Waals surface area contributed by atoms with Crippen LogP contribution in [-0.4, -0.2) is 46.6 Å². The van der Waals surface area contributed by atoms with Crippen LogP contribution < -0.4 is 0 Å². The Kier molecular flexibility index (Phi) is 8.29. The summed E-state index contributed by atoms with van der Waals surface area (Å²) >= 11 is 1.16. The van der Waals surface area contributed by atoms with E-state index in [9.17, 15) is 30.8 Å². The molecule has 0 aliphatic carbocycles.